The Labute approximate surface area is 261 Å². The number of aromatic hydroxyl groups is 1. The van der Waals surface area contributed by atoms with Crippen molar-refractivity contribution < 1.29 is 19.4 Å². The van der Waals surface area contributed by atoms with Crippen molar-refractivity contribution in [2.75, 3.05) is 26.7 Å². The lowest BCUT2D eigenvalue weighted by Crippen LogP contribution is -2.69. The standard InChI is InChI=1S/C38H44N2O4/c1-25(2)24-40(34(42)17-14-26-10-6-4-7-11-26)30-16-15-29-31-22-28-32(41)23-33(43-3)36-35(28)38(29,37(30)44-36)19-21-39(31)20-18-27-12-8-5-9-13-27/h4-14,17,23,25,29-31,37,41H,15-16,18-22,24H2,1-3H3/t29-,30+,31+,37-,38-/m0/s1. The zero-order valence-corrected chi connectivity index (χ0v) is 26.1. The van der Waals surface area contributed by atoms with Gasteiger partial charge in [0.25, 0.3) is 0 Å². The molecule has 4 aliphatic rings. The zero-order valence-electron chi connectivity index (χ0n) is 26.1. The van der Waals surface area contributed by atoms with Gasteiger partial charge in [-0.15, -0.1) is 0 Å². The third-order valence-corrected chi connectivity index (χ3v) is 10.7. The van der Waals surface area contributed by atoms with Crippen molar-refractivity contribution in [3.05, 3.63) is 95.1 Å². The molecule has 1 amide bonds. The maximum absolute atomic E-state index is 14.0. The summed E-state index contributed by atoms with van der Waals surface area (Å²) in [4.78, 5) is 18.8. The Bertz CT molecular complexity index is 1540. The second kappa shape index (κ2) is 11.6. The summed E-state index contributed by atoms with van der Waals surface area (Å²) in [5.74, 6) is 2.43. The summed E-state index contributed by atoms with van der Waals surface area (Å²) in [5.41, 5.74) is 4.28. The lowest BCUT2D eigenvalue weighted by atomic mass is 9.50. The van der Waals surface area contributed by atoms with Crippen molar-refractivity contribution in [1.82, 2.24) is 9.80 Å². The van der Waals surface area contributed by atoms with Crippen LogP contribution in [0.1, 0.15) is 55.4 Å². The summed E-state index contributed by atoms with van der Waals surface area (Å²) >= 11 is 0. The first-order valence-corrected chi connectivity index (χ1v) is 16.3. The number of likely N-dealkylation sites (tertiary alicyclic amines) is 1. The molecule has 7 rings (SSSR count). The number of carbonyl (C=O) groups is 1. The fraction of sp³-hybridized carbons (Fsp3) is 0.447. The van der Waals surface area contributed by atoms with Crippen LogP contribution < -0.4 is 9.47 Å². The first kappa shape index (κ1) is 29.0. The lowest BCUT2D eigenvalue weighted by Gasteiger charge is -2.60. The highest BCUT2D eigenvalue weighted by molar-refractivity contribution is 5.92. The van der Waals surface area contributed by atoms with E-state index in [1.54, 1.807) is 19.3 Å². The summed E-state index contributed by atoms with van der Waals surface area (Å²) in [7, 11) is 1.65. The number of ether oxygens (including phenoxy) is 2. The van der Waals surface area contributed by atoms with Crippen molar-refractivity contribution in [1.29, 1.82) is 0 Å². The van der Waals surface area contributed by atoms with Gasteiger partial charge in [-0.05, 0) is 67.7 Å². The van der Waals surface area contributed by atoms with E-state index in [2.05, 4.69) is 54.0 Å². The summed E-state index contributed by atoms with van der Waals surface area (Å²) in [6.07, 6.45) is 8.17. The van der Waals surface area contributed by atoms with Crippen LogP contribution in [0.15, 0.2) is 72.8 Å². The summed E-state index contributed by atoms with van der Waals surface area (Å²) in [6.45, 7) is 7.00. The first-order chi connectivity index (χ1) is 21.4. The van der Waals surface area contributed by atoms with Crippen molar-refractivity contribution in [2.45, 2.75) is 69.6 Å². The van der Waals surface area contributed by atoms with Gasteiger partial charge in [0.05, 0.1) is 13.2 Å². The van der Waals surface area contributed by atoms with Gasteiger partial charge in [-0.3, -0.25) is 9.69 Å². The van der Waals surface area contributed by atoms with Gasteiger partial charge in [-0.25, -0.2) is 0 Å². The molecule has 2 bridgehead atoms. The molecule has 2 heterocycles. The van der Waals surface area contributed by atoms with E-state index in [4.69, 9.17) is 9.47 Å². The molecule has 2 aliphatic heterocycles. The Balaban J connectivity index is 1.26. The minimum absolute atomic E-state index is 0.0321. The molecule has 6 heteroatoms. The molecule has 1 spiro atoms. The SMILES string of the molecule is COc1cc(O)c2c3c1O[C@H]1[C@H](N(CC(C)C)C(=O)C=Cc4ccccc4)CC[C@H]4[C@@H](C2)N(CCc2ccccc2)CC[C@@]341. The van der Waals surface area contributed by atoms with Crippen LogP contribution in [0.25, 0.3) is 6.08 Å². The molecule has 5 atom stereocenters. The molecule has 1 saturated carbocycles. The van der Waals surface area contributed by atoms with E-state index in [9.17, 15) is 9.90 Å². The number of phenols is 1. The van der Waals surface area contributed by atoms with Crippen LogP contribution in [0.2, 0.25) is 0 Å². The number of nitrogens with zero attached hydrogens (tertiary/aromatic N) is 2. The molecule has 6 nitrogen and oxygen atoms in total. The molecular weight excluding hydrogens is 548 g/mol. The molecule has 0 radical (unpaired) electrons. The maximum atomic E-state index is 14.0. The highest BCUT2D eigenvalue weighted by Crippen LogP contribution is 2.65. The molecule has 1 saturated heterocycles. The largest absolute Gasteiger partial charge is 0.508 e. The molecule has 0 aromatic heterocycles. The first-order valence-electron chi connectivity index (χ1n) is 16.3. The Morgan fingerprint density at radius 2 is 1.89 bits per heavy atom. The van der Waals surface area contributed by atoms with Crippen molar-refractivity contribution in [2.24, 2.45) is 11.8 Å². The minimum Gasteiger partial charge on any atom is -0.508 e. The third kappa shape index (κ3) is 4.79. The van der Waals surface area contributed by atoms with Crippen LogP contribution in [-0.4, -0.2) is 65.7 Å². The zero-order chi connectivity index (χ0) is 30.4. The highest BCUT2D eigenvalue weighted by Gasteiger charge is 2.67. The monoisotopic (exact) mass is 592 g/mol. The normalized spacial score (nSPS) is 26.8. The van der Waals surface area contributed by atoms with Gasteiger partial charge >= 0.3 is 0 Å². The van der Waals surface area contributed by atoms with E-state index in [0.29, 0.717) is 35.9 Å². The molecule has 3 aromatic rings. The van der Waals surface area contributed by atoms with Gasteiger partial charge in [-0.1, -0.05) is 74.5 Å². The fourth-order valence-corrected chi connectivity index (χ4v) is 8.93. The molecule has 0 unspecified atom stereocenters. The predicted molar refractivity (Wildman–Crippen MR) is 173 cm³/mol. The number of hydrogen-bond acceptors (Lipinski definition) is 5. The van der Waals surface area contributed by atoms with Gasteiger partial charge in [0, 0.05) is 47.8 Å². The molecule has 2 aliphatic carbocycles. The summed E-state index contributed by atoms with van der Waals surface area (Å²) in [5, 5.41) is 11.4. The number of phenolic OH excluding ortho intramolecular Hbond substituents is 1. The van der Waals surface area contributed by atoms with Crippen molar-refractivity contribution >= 4 is 12.0 Å². The lowest BCUT2D eigenvalue weighted by molar-refractivity contribution is -0.138. The van der Waals surface area contributed by atoms with Crippen LogP contribution in [-0.2, 0) is 23.1 Å². The predicted octanol–water partition coefficient (Wildman–Crippen LogP) is 6.25. The summed E-state index contributed by atoms with van der Waals surface area (Å²) in [6, 6.07) is 22.7. The van der Waals surface area contributed by atoms with Gasteiger partial charge in [0.2, 0.25) is 5.91 Å². The third-order valence-electron chi connectivity index (χ3n) is 10.7. The number of hydrogen-bond donors (Lipinski definition) is 1. The average Bonchev–Trinajstić information content (AvgIpc) is 3.38. The van der Waals surface area contributed by atoms with Gasteiger partial charge in [0.1, 0.15) is 11.9 Å². The molecular formula is C38H44N2O4. The average molecular weight is 593 g/mol. The molecule has 2 fully saturated rings. The molecule has 44 heavy (non-hydrogen) atoms. The Hall–Kier alpha value is -3.77. The Kier molecular flexibility index (Phi) is 7.65. The quantitative estimate of drug-likeness (QED) is 0.298. The number of piperidine rings is 1. The number of carbonyl (C=O) groups excluding carboxylic acids is 1. The number of methoxy groups -OCH3 is 1. The Morgan fingerprint density at radius 3 is 2.61 bits per heavy atom. The number of rotatable bonds is 9. The summed E-state index contributed by atoms with van der Waals surface area (Å²) < 4.78 is 12.8. The number of amides is 1. The van der Waals surface area contributed by atoms with E-state index >= 15 is 0 Å². The van der Waals surface area contributed by atoms with Crippen LogP contribution in [0.4, 0.5) is 0 Å². The minimum atomic E-state index is -0.260. The molecule has 230 valence electrons. The topological polar surface area (TPSA) is 62.2 Å². The van der Waals surface area contributed by atoms with E-state index in [-0.39, 0.29) is 23.5 Å². The van der Waals surface area contributed by atoms with Crippen LogP contribution in [0.3, 0.4) is 0 Å². The van der Waals surface area contributed by atoms with Crippen molar-refractivity contribution in [3.8, 4) is 17.2 Å². The second-order valence-corrected chi connectivity index (χ2v) is 13.5. The smallest absolute Gasteiger partial charge is 0.246 e. The van der Waals surface area contributed by atoms with E-state index in [1.807, 2.05) is 36.4 Å². The van der Waals surface area contributed by atoms with Crippen LogP contribution >= 0.6 is 0 Å². The van der Waals surface area contributed by atoms with Gasteiger partial charge in [0.15, 0.2) is 11.5 Å². The number of benzene rings is 3. The van der Waals surface area contributed by atoms with E-state index < -0.39 is 0 Å². The van der Waals surface area contributed by atoms with Gasteiger partial charge < -0.3 is 19.5 Å². The highest BCUT2D eigenvalue weighted by atomic mass is 16.5. The van der Waals surface area contributed by atoms with Crippen LogP contribution in [0, 0.1) is 11.8 Å². The maximum Gasteiger partial charge on any atom is 0.246 e. The van der Waals surface area contributed by atoms with Crippen LogP contribution in [0.5, 0.6) is 17.2 Å². The van der Waals surface area contributed by atoms with E-state index in [1.165, 1.54) is 5.56 Å². The second-order valence-electron chi connectivity index (χ2n) is 13.5. The van der Waals surface area contributed by atoms with Gasteiger partial charge in [-0.2, -0.15) is 0 Å². The molecule has 3 aromatic carbocycles. The van der Waals surface area contributed by atoms with Crippen molar-refractivity contribution in [3.63, 3.8) is 0 Å². The fourth-order valence-electron chi connectivity index (χ4n) is 8.93. The van der Waals surface area contributed by atoms with E-state index in [0.717, 1.165) is 67.6 Å². The Morgan fingerprint density at radius 1 is 1.14 bits per heavy atom. The molecule has 1 N–H and O–H groups in total.